The predicted molar refractivity (Wildman–Crippen MR) is 200 cm³/mol. The van der Waals surface area contributed by atoms with E-state index >= 15 is 0 Å². The molecule has 3 heterocycles. The molecule has 54 heavy (non-hydrogen) atoms. The van der Waals surface area contributed by atoms with Gasteiger partial charge in [0.1, 0.15) is 30.5 Å². The minimum Gasteiger partial charge on any atom is -0.459 e. The van der Waals surface area contributed by atoms with E-state index in [0.717, 1.165) is 0 Å². The topological polar surface area (TPSA) is 198 Å². The number of likely N-dealkylation sites (N-methyl/N-ethyl adjacent to an activating group) is 1. The summed E-state index contributed by atoms with van der Waals surface area (Å²) in [7, 11) is 5.23. The molecule has 0 amide bonds. The molecule has 0 radical (unpaired) electrons. The van der Waals surface area contributed by atoms with E-state index in [1.165, 1.54) is 14.0 Å². The van der Waals surface area contributed by atoms with E-state index in [2.05, 4.69) is 5.16 Å². The normalized spacial score (nSPS) is 48.3. The number of aliphatic hydroxyl groups is 5. The number of carbonyl (C=O) groups excluding carboxylic acids is 1. The fourth-order valence-corrected chi connectivity index (χ4v) is 8.73. The average Bonchev–Trinajstić information content (AvgIpc) is 3.09. The maximum atomic E-state index is 14.2. The van der Waals surface area contributed by atoms with E-state index in [4.69, 9.17) is 33.3 Å². The number of cyclic esters (lactones) is 1. The number of methoxy groups -OCH3 is 1. The van der Waals surface area contributed by atoms with Crippen LogP contribution in [0.4, 0.5) is 0 Å². The lowest BCUT2D eigenvalue weighted by molar-refractivity contribution is -0.317. The second-order valence-corrected chi connectivity index (χ2v) is 17.0. The Morgan fingerprint density at radius 1 is 0.907 bits per heavy atom. The van der Waals surface area contributed by atoms with E-state index in [-0.39, 0.29) is 38.0 Å². The molecule has 18 atom stereocenters. The van der Waals surface area contributed by atoms with E-state index in [9.17, 15) is 30.3 Å². The average molecular weight is 777 g/mol. The van der Waals surface area contributed by atoms with Gasteiger partial charge in [-0.15, -0.1) is 0 Å². The Morgan fingerprint density at radius 2 is 1.54 bits per heavy atom. The van der Waals surface area contributed by atoms with Crippen molar-refractivity contribution in [3.05, 3.63) is 0 Å². The molecule has 3 saturated heterocycles. The van der Waals surface area contributed by atoms with Crippen molar-refractivity contribution in [2.24, 2.45) is 28.8 Å². The summed E-state index contributed by atoms with van der Waals surface area (Å²) in [5, 5.41) is 63.1. The standard InChI is InChI=1S/C39H72N2O13/c1-15-27-39(11,47)32(43)22(5)29(40-49-16-2)20(3)18-37(9,46)34(54-36-30(42)26(41(12)13)17-21(4)50-36)23(6)31(24(7)35(45)52-27)53-28-19-38(10,48-14)33(44)25(8)51-28/h20-28,30-34,36,42-44,46-47H,15-19H2,1-14H3/b40-29+/t20-,21-,22+,23+,24-,25+,26+,27-,28?,30-,31+,32-,33+,34-,36+,37?,38-,39-/m1/s1. The van der Waals surface area contributed by atoms with Gasteiger partial charge in [0, 0.05) is 37.3 Å². The van der Waals surface area contributed by atoms with Crippen LogP contribution in [0.2, 0.25) is 0 Å². The molecule has 3 rings (SSSR count). The summed E-state index contributed by atoms with van der Waals surface area (Å²) < 4.78 is 37.5. The largest absolute Gasteiger partial charge is 0.459 e. The summed E-state index contributed by atoms with van der Waals surface area (Å²) in [5.41, 5.74) is -4.29. The Hall–Kier alpha value is -1.50. The number of ether oxygens (including phenoxy) is 6. The highest BCUT2D eigenvalue weighted by atomic mass is 16.7. The number of rotatable bonds is 9. The molecule has 0 saturated carbocycles. The Bertz CT molecular complexity index is 1230. The number of esters is 1. The van der Waals surface area contributed by atoms with Crippen LogP contribution >= 0.6 is 0 Å². The van der Waals surface area contributed by atoms with Gasteiger partial charge in [-0.25, -0.2) is 0 Å². The van der Waals surface area contributed by atoms with Crippen molar-refractivity contribution in [2.45, 2.75) is 186 Å². The van der Waals surface area contributed by atoms with Crippen LogP contribution in [0, 0.1) is 23.7 Å². The van der Waals surface area contributed by atoms with Crippen molar-refractivity contribution in [3.8, 4) is 0 Å². The number of aliphatic hydroxyl groups excluding tert-OH is 3. The summed E-state index contributed by atoms with van der Waals surface area (Å²) in [6, 6.07) is -0.307. The molecule has 3 fully saturated rings. The first-order chi connectivity index (χ1) is 25.0. The second-order valence-electron chi connectivity index (χ2n) is 17.0. The second kappa shape index (κ2) is 18.8. The van der Waals surface area contributed by atoms with Gasteiger partial charge in [0.25, 0.3) is 0 Å². The van der Waals surface area contributed by atoms with Crippen LogP contribution < -0.4 is 0 Å². The molecule has 15 heteroatoms. The number of hydrogen-bond donors (Lipinski definition) is 5. The first-order valence-corrected chi connectivity index (χ1v) is 19.7. The monoisotopic (exact) mass is 777 g/mol. The molecule has 0 aliphatic carbocycles. The van der Waals surface area contributed by atoms with Crippen molar-refractivity contribution in [3.63, 3.8) is 0 Å². The summed E-state index contributed by atoms with van der Waals surface area (Å²) in [5.74, 6) is -3.90. The summed E-state index contributed by atoms with van der Waals surface area (Å²) in [6.45, 7) is 19.1. The lowest BCUT2D eigenvalue weighted by Gasteiger charge is -2.49. The third kappa shape index (κ3) is 10.3. The molecule has 5 N–H and O–H groups in total. The number of carbonyl (C=O) groups is 1. The molecule has 0 aromatic rings. The minimum absolute atomic E-state index is 0.0241. The fraction of sp³-hybridized carbons (Fsp3) is 0.949. The van der Waals surface area contributed by atoms with Gasteiger partial charge in [0.05, 0.1) is 53.4 Å². The van der Waals surface area contributed by atoms with Gasteiger partial charge >= 0.3 is 5.97 Å². The van der Waals surface area contributed by atoms with Crippen LogP contribution in [0.5, 0.6) is 0 Å². The van der Waals surface area contributed by atoms with Gasteiger partial charge in [0.2, 0.25) is 0 Å². The third-order valence-electron chi connectivity index (χ3n) is 12.2. The van der Waals surface area contributed by atoms with Crippen molar-refractivity contribution in [1.29, 1.82) is 0 Å². The molecular weight excluding hydrogens is 704 g/mol. The van der Waals surface area contributed by atoms with Crippen molar-refractivity contribution in [1.82, 2.24) is 4.90 Å². The quantitative estimate of drug-likeness (QED) is 0.169. The Kier molecular flexibility index (Phi) is 16.4. The molecule has 0 bridgehead atoms. The highest BCUT2D eigenvalue weighted by molar-refractivity contribution is 5.88. The first-order valence-electron chi connectivity index (χ1n) is 19.7. The Morgan fingerprint density at radius 3 is 2.09 bits per heavy atom. The van der Waals surface area contributed by atoms with E-state index in [0.29, 0.717) is 12.1 Å². The maximum Gasteiger partial charge on any atom is 0.311 e. The van der Waals surface area contributed by atoms with Crippen LogP contribution in [0.1, 0.15) is 102 Å². The highest BCUT2D eigenvalue weighted by Crippen LogP contribution is 2.41. The van der Waals surface area contributed by atoms with Crippen molar-refractivity contribution < 1.29 is 63.6 Å². The molecule has 0 aromatic heterocycles. The number of nitrogens with zero attached hydrogens (tertiary/aromatic N) is 2. The van der Waals surface area contributed by atoms with Crippen LogP contribution in [-0.2, 0) is 38.1 Å². The van der Waals surface area contributed by atoms with E-state index in [1.54, 1.807) is 55.4 Å². The third-order valence-corrected chi connectivity index (χ3v) is 12.2. The SMILES string of the molecule is CCO/N=C1\[C@H](C)CC(C)(O)[C@H](O[C@@H]2O[C@H](C)C[C@H](N(C)C)[C@H]2O)[C@@H](C)[C@H](OC2C[C@@](C)(OC)[C@@H](O)[C@H](C)O2)[C@@H](C)C(=O)O[C@H](CC)[C@@](C)(O)[C@H](O)[C@H]1C. The summed E-state index contributed by atoms with van der Waals surface area (Å²) in [4.78, 5) is 21.6. The van der Waals surface area contributed by atoms with Crippen LogP contribution in [0.25, 0.3) is 0 Å². The van der Waals surface area contributed by atoms with Crippen molar-refractivity contribution >= 4 is 11.7 Å². The molecule has 0 spiro atoms. The summed E-state index contributed by atoms with van der Waals surface area (Å²) >= 11 is 0. The van der Waals surface area contributed by atoms with Gasteiger partial charge in [-0.3, -0.25) is 4.79 Å². The number of oxime groups is 1. The zero-order valence-corrected chi connectivity index (χ0v) is 35.1. The molecule has 316 valence electrons. The predicted octanol–water partition coefficient (Wildman–Crippen LogP) is 2.61. The molecule has 0 aromatic carbocycles. The smallest absolute Gasteiger partial charge is 0.311 e. The van der Waals surface area contributed by atoms with Crippen molar-refractivity contribution in [2.75, 3.05) is 27.8 Å². The zero-order valence-electron chi connectivity index (χ0n) is 35.1. The Labute approximate surface area is 322 Å². The highest BCUT2D eigenvalue weighted by Gasteiger charge is 2.53. The van der Waals surface area contributed by atoms with Crippen LogP contribution in [0.3, 0.4) is 0 Å². The van der Waals surface area contributed by atoms with Crippen LogP contribution in [-0.4, -0.2) is 154 Å². The first kappa shape index (κ1) is 46.9. The molecule has 2 unspecified atom stereocenters. The van der Waals surface area contributed by atoms with Gasteiger partial charge in [-0.1, -0.05) is 32.9 Å². The minimum atomic E-state index is -1.91. The zero-order chi connectivity index (χ0) is 41.1. The van der Waals surface area contributed by atoms with Gasteiger partial charge in [-0.05, 0) is 81.8 Å². The molecular formula is C39H72N2O13. The van der Waals surface area contributed by atoms with E-state index in [1.807, 2.05) is 32.8 Å². The Balaban J connectivity index is 2.24. The number of hydrogen-bond acceptors (Lipinski definition) is 15. The molecule has 3 aliphatic rings. The summed E-state index contributed by atoms with van der Waals surface area (Å²) in [6.07, 6.45) is -9.08. The van der Waals surface area contributed by atoms with E-state index < -0.39 is 102 Å². The van der Waals surface area contributed by atoms with Gasteiger partial charge < -0.3 is 63.7 Å². The fourth-order valence-electron chi connectivity index (χ4n) is 8.73. The lowest BCUT2D eigenvalue weighted by atomic mass is 9.73. The molecule has 3 aliphatic heterocycles. The van der Waals surface area contributed by atoms with Crippen LogP contribution in [0.15, 0.2) is 5.16 Å². The molecule has 15 nitrogen and oxygen atoms in total. The lowest BCUT2D eigenvalue weighted by Crippen LogP contribution is -2.61. The maximum absolute atomic E-state index is 14.2. The van der Waals surface area contributed by atoms with Gasteiger partial charge in [-0.2, -0.15) is 0 Å². The van der Waals surface area contributed by atoms with Gasteiger partial charge in [0.15, 0.2) is 12.6 Å².